The summed E-state index contributed by atoms with van der Waals surface area (Å²) in [5, 5.41) is 11.9. The van der Waals surface area contributed by atoms with Crippen LogP contribution >= 0.6 is 11.3 Å². The van der Waals surface area contributed by atoms with Gasteiger partial charge in [-0.05, 0) is 14.1 Å². The number of carboxylic acids is 1. The molecule has 2 aromatic heterocycles. The minimum atomic E-state index is -0.992. The highest BCUT2D eigenvalue weighted by Gasteiger charge is 2.26. The zero-order valence-corrected chi connectivity index (χ0v) is 12.8. The number of carboxylic acid groups (broad SMARTS) is 1. The first-order chi connectivity index (χ1) is 10.0. The van der Waals surface area contributed by atoms with Crippen LogP contribution in [-0.2, 0) is 0 Å². The van der Waals surface area contributed by atoms with E-state index in [1.807, 2.05) is 5.38 Å². The monoisotopic (exact) mass is 307 g/mol. The molecule has 0 amide bonds. The molecule has 7 heteroatoms. The first-order valence-electron chi connectivity index (χ1n) is 6.71. The second-order valence-electron chi connectivity index (χ2n) is 5.33. The average molecular weight is 307 g/mol. The van der Waals surface area contributed by atoms with Gasteiger partial charge in [0.05, 0.1) is 11.6 Å². The zero-order chi connectivity index (χ0) is 15.0. The van der Waals surface area contributed by atoms with Crippen molar-refractivity contribution in [1.29, 1.82) is 0 Å². The summed E-state index contributed by atoms with van der Waals surface area (Å²) in [6, 6.07) is 1.79. The summed E-state index contributed by atoms with van der Waals surface area (Å²) < 4.78 is 5.30. The molecule has 0 aromatic carbocycles. The predicted molar refractivity (Wildman–Crippen MR) is 79.6 cm³/mol. The lowest BCUT2D eigenvalue weighted by molar-refractivity contribution is 0.0696. The van der Waals surface area contributed by atoms with Gasteiger partial charge in [-0.3, -0.25) is 4.90 Å². The molecule has 3 rings (SSSR count). The Hall–Kier alpha value is -1.70. The van der Waals surface area contributed by atoms with E-state index < -0.39 is 5.97 Å². The van der Waals surface area contributed by atoms with Crippen LogP contribution in [0.5, 0.6) is 0 Å². The maximum Gasteiger partial charge on any atom is 0.338 e. The molecule has 1 atom stereocenters. The van der Waals surface area contributed by atoms with Crippen molar-refractivity contribution in [2.45, 2.75) is 6.04 Å². The van der Waals surface area contributed by atoms with Gasteiger partial charge in [-0.15, -0.1) is 11.3 Å². The van der Waals surface area contributed by atoms with Gasteiger partial charge >= 0.3 is 5.97 Å². The van der Waals surface area contributed by atoms with E-state index in [2.05, 4.69) is 28.9 Å². The van der Waals surface area contributed by atoms with Crippen LogP contribution in [0.25, 0.3) is 11.5 Å². The number of nitrogens with zero attached hydrogens (tertiary/aromatic N) is 3. The third-order valence-corrected chi connectivity index (χ3v) is 4.70. The van der Waals surface area contributed by atoms with Crippen molar-refractivity contribution in [3.8, 4) is 11.5 Å². The Balaban J connectivity index is 1.83. The van der Waals surface area contributed by atoms with E-state index in [1.54, 1.807) is 11.3 Å². The largest absolute Gasteiger partial charge is 0.478 e. The molecule has 1 aliphatic heterocycles. The molecule has 0 bridgehead atoms. The van der Waals surface area contributed by atoms with Gasteiger partial charge in [0.2, 0.25) is 0 Å². The molecule has 0 radical (unpaired) electrons. The minimum Gasteiger partial charge on any atom is -0.478 e. The van der Waals surface area contributed by atoms with Gasteiger partial charge in [-0.25, -0.2) is 9.78 Å². The van der Waals surface area contributed by atoms with Crippen LogP contribution in [0.3, 0.4) is 0 Å². The maximum absolute atomic E-state index is 10.9. The third kappa shape index (κ3) is 2.85. The fourth-order valence-corrected chi connectivity index (χ4v) is 3.38. The van der Waals surface area contributed by atoms with Gasteiger partial charge in [0.1, 0.15) is 17.0 Å². The van der Waals surface area contributed by atoms with Gasteiger partial charge < -0.3 is 14.4 Å². The summed E-state index contributed by atoms with van der Waals surface area (Å²) in [7, 11) is 4.22. The molecule has 1 aliphatic rings. The van der Waals surface area contributed by atoms with Gasteiger partial charge in [-0.2, -0.15) is 0 Å². The van der Waals surface area contributed by atoms with Crippen molar-refractivity contribution in [1.82, 2.24) is 14.8 Å². The summed E-state index contributed by atoms with van der Waals surface area (Å²) >= 11 is 1.59. The number of hydrogen-bond acceptors (Lipinski definition) is 6. The SMILES string of the molecule is CN1CCN(C)C(c2nc(-c3cc(C(=O)O)co3)cs2)C1. The van der Waals surface area contributed by atoms with Crippen LogP contribution in [0.15, 0.2) is 22.1 Å². The van der Waals surface area contributed by atoms with Crippen LogP contribution in [0, 0.1) is 0 Å². The lowest BCUT2D eigenvalue weighted by Gasteiger charge is -2.36. The molecule has 1 saturated heterocycles. The van der Waals surface area contributed by atoms with Crippen molar-refractivity contribution >= 4 is 17.3 Å². The topological polar surface area (TPSA) is 69.8 Å². The fraction of sp³-hybridized carbons (Fsp3) is 0.429. The average Bonchev–Trinajstić information content (AvgIpc) is 3.09. The zero-order valence-electron chi connectivity index (χ0n) is 11.9. The van der Waals surface area contributed by atoms with Crippen LogP contribution < -0.4 is 0 Å². The Kier molecular flexibility index (Phi) is 3.79. The summed E-state index contributed by atoms with van der Waals surface area (Å²) in [6.45, 7) is 3.02. The molecule has 1 unspecified atom stereocenters. The summed E-state index contributed by atoms with van der Waals surface area (Å²) in [4.78, 5) is 20.1. The molecule has 0 saturated carbocycles. The Morgan fingerprint density at radius 2 is 2.29 bits per heavy atom. The Bertz CT molecular complexity index is 651. The van der Waals surface area contributed by atoms with Crippen LogP contribution in [0.2, 0.25) is 0 Å². The number of thiazole rings is 1. The van der Waals surface area contributed by atoms with E-state index in [0.29, 0.717) is 11.5 Å². The summed E-state index contributed by atoms with van der Waals surface area (Å²) in [6.07, 6.45) is 1.25. The van der Waals surface area contributed by atoms with Gasteiger partial charge in [-0.1, -0.05) is 0 Å². The van der Waals surface area contributed by atoms with Gasteiger partial charge in [0.15, 0.2) is 5.76 Å². The van der Waals surface area contributed by atoms with Crippen LogP contribution in [0.4, 0.5) is 0 Å². The Labute approximate surface area is 126 Å². The molecule has 6 nitrogen and oxygen atoms in total. The number of aromatic nitrogens is 1. The summed E-state index contributed by atoms with van der Waals surface area (Å²) in [5.74, 6) is -0.490. The molecule has 2 aromatic rings. The van der Waals surface area contributed by atoms with Crippen molar-refractivity contribution in [3.63, 3.8) is 0 Å². The normalized spacial score (nSPS) is 20.8. The van der Waals surface area contributed by atoms with Crippen molar-refractivity contribution < 1.29 is 14.3 Å². The van der Waals surface area contributed by atoms with E-state index in [-0.39, 0.29) is 11.6 Å². The number of carbonyl (C=O) groups is 1. The minimum absolute atomic E-state index is 0.147. The third-order valence-electron chi connectivity index (χ3n) is 3.76. The Morgan fingerprint density at radius 3 is 3.00 bits per heavy atom. The molecular formula is C14H17N3O3S. The molecule has 3 heterocycles. The van der Waals surface area contributed by atoms with Crippen LogP contribution in [-0.4, -0.2) is 59.6 Å². The number of rotatable bonds is 3. The van der Waals surface area contributed by atoms with E-state index in [0.717, 1.165) is 24.6 Å². The second kappa shape index (κ2) is 5.59. The standard InChI is InChI=1S/C14H17N3O3S/c1-16-3-4-17(2)11(6-16)13-15-10(8-21-13)12-5-9(7-20-12)14(18)19/h5,7-8,11H,3-4,6H2,1-2H3,(H,18,19). The molecule has 1 fully saturated rings. The highest BCUT2D eigenvalue weighted by atomic mass is 32.1. The summed E-state index contributed by atoms with van der Waals surface area (Å²) in [5.41, 5.74) is 0.846. The highest BCUT2D eigenvalue weighted by Crippen LogP contribution is 2.30. The Morgan fingerprint density at radius 1 is 1.48 bits per heavy atom. The number of hydrogen-bond donors (Lipinski definition) is 1. The second-order valence-corrected chi connectivity index (χ2v) is 6.22. The first kappa shape index (κ1) is 14.2. The maximum atomic E-state index is 10.9. The fourth-order valence-electron chi connectivity index (χ4n) is 2.41. The van der Waals surface area contributed by atoms with Crippen molar-refractivity contribution in [2.24, 2.45) is 0 Å². The van der Waals surface area contributed by atoms with E-state index in [1.165, 1.54) is 12.3 Å². The lowest BCUT2D eigenvalue weighted by Crippen LogP contribution is -2.44. The van der Waals surface area contributed by atoms with E-state index in [9.17, 15) is 4.79 Å². The van der Waals surface area contributed by atoms with Crippen LogP contribution in [0.1, 0.15) is 21.4 Å². The molecule has 1 N–H and O–H groups in total. The highest BCUT2D eigenvalue weighted by molar-refractivity contribution is 7.10. The van der Waals surface area contributed by atoms with Crippen molar-refractivity contribution in [3.05, 3.63) is 28.3 Å². The van der Waals surface area contributed by atoms with E-state index >= 15 is 0 Å². The van der Waals surface area contributed by atoms with Crippen molar-refractivity contribution in [2.75, 3.05) is 33.7 Å². The molecular weight excluding hydrogens is 290 g/mol. The molecule has 21 heavy (non-hydrogen) atoms. The number of piperazine rings is 1. The number of furan rings is 1. The molecule has 112 valence electrons. The smallest absolute Gasteiger partial charge is 0.338 e. The van der Waals surface area contributed by atoms with E-state index in [4.69, 9.17) is 9.52 Å². The molecule has 0 spiro atoms. The number of likely N-dealkylation sites (N-methyl/N-ethyl adjacent to an activating group) is 2. The first-order valence-corrected chi connectivity index (χ1v) is 7.59. The predicted octanol–water partition coefficient (Wildman–Crippen LogP) is 2.02. The van der Waals surface area contributed by atoms with Gasteiger partial charge in [0.25, 0.3) is 0 Å². The quantitative estimate of drug-likeness (QED) is 0.935. The van der Waals surface area contributed by atoms with Gasteiger partial charge in [0, 0.05) is 31.1 Å². The molecule has 0 aliphatic carbocycles. The number of aromatic carboxylic acids is 1. The lowest BCUT2D eigenvalue weighted by atomic mass is 10.2.